The Morgan fingerprint density at radius 1 is 1.24 bits per heavy atom. The second kappa shape index (κ2) is 6.67. The molecule has 0 fully saturated rings. The minimum Gasteiger partial charge on any atom is -0.478 e. The quantitative estimate of drug-likeness (QED) is 0.851. The van der Waals surface area contributed by atoms with Crippen LogP contribution in [0.3, 0.4) is 0 Å². The van der Waals surface area contributed by atoms with E-state index in [9.17, 15) is 9.59 Å². The van der Waals surface area contributed by atoms with Gasteiger partial charge in [-0.05, 0) is 29.8 Å². The van der Waals surface area contributed by atoms with Gasteiger partial charge < -0.3 is 10.4 Å². The van der Waals surface area contributed by atoms with Crippen molar-refractivity contribution in [1.82, 2.24) is 4.98 Å². The molecule has 2 rings (SSSR count). The van der Waals surface area contributed by atoms with E-state index in [2.05, 4.69) is 10.3 Å². The van der Waals surface area contributed by atoms with Crippen molar-refractivity contribution >= 4 is 35.2 Å². The molecule has 21 heavy (non-hydrogen) atoms. The molecule has 0 atom stereocenters. The number of amides is 1. The molecule has 2 N–H and O–H groups in total. The van der Waals surface area contributed by atoms with Gasteiger partial charge in [0.25, 0.3) is 0 Å². The minimum atomic E-state index is -1.10. The number of rotatable bonds is 4. The number of benzene rings is 1. The zero-order valence-corrected chi connectivity index (χ0v) is 11.5. The standard InChI is InChI=1S/C15H11ClN2O3/c16-12-3-1-2-10(6-12)4-5-14(19)18-13-7-11(15(20)21)8-17-9-13/h1-9H,(H,18,19)(H,20,21). The maximum absolute atomic E-state index is 11.7. The van der Waals surface area contributed by atoms with Crippen molar-refractivity contribution in [2.75, 3.05) is 5.32 Å². The van der Waals surface area contributed by atoms with Gasteiger partial charge in [-0.25, -0.2) is 4.79 Å². The zero-order chi connectivity index (χ0) is 15.2. The van der Waals surface area contributed by atoms with E-state index in [1.807, 2.05) is 6.07 Å². The highest BCUT2D eigenvalue weighted by Gasteiger charge is 2.05. The van der Waals surface area contributed by atoms with Crippen LogP contribution >= 0.6 is 11.6 Å². The van der Waals surface area contributed by atoms with Crippen LogP contribution < -0.4 is 5.32 Å². The van der Waals surface area contributed by atoms with Gasteiger partial charge >= 0.3 is 5.97 Å². The molecule has 1 heterocycles. The number of carboxylic acid groups (broad SMARTS) is 1. The van der Waals surface area contributed by atoms with Crippen LogP contribution in [0.4, 0.5) is 5.69 Å². The summed E-state index contributed by atoms with van der Waals surface area (Å²) >= 11 is 5.84. The van der Waals surface area contributed by atoms with Crippen LogP contribution in [0.5, 0.6) is 0 Å². The predicted octanol–water partition coefficient (Wildman–Crippen LogP) is 3.09. The van der Waals surface area contributed by atoms with Crippen LogP contribution in [-0.4, -0.2) is 22.0 Å². The fourth-order valence-corrected chi connectivity index (χ4v) is 1.79. The molecular weight excluding hydrogens is 292 g/mol. The molecule has 6 heteroatoms. The summed E-state index contributed by atoms with van der Waals surface area (Å²) in [5, 5.41) is 12.0. The van der Waals surface area contributed by atoms with E-state index in [-0.39, 0.29) is 11.5 Å². The van der Waals surface area contributed by atoms with Gasteiger partial charge in [-0.3, -0.25) is 9.78 Å². The molecule has 1 amide bonds. The maximum Gasteiger partial charge on any atom is 0.337 e. The van der Waals surface area contributed by atoms with E-state index < -0.39 is 5.97 Å². The van der Waals surface area contributed by atoms with Crippen molar-refractivity contribution in [2.45, 2.75) is 0 Å². The SMILES string of the molecule is O=C(C=Cc1cccc(Cl)c1)Nc1cncc(C(=O)O)c1. The molecule has 1 aromatic heterocycles. The molecule has 0 radical (unpaired) electrons. The second-order valence-electron chi connectivity index (χ2n) is 4.15. The normalized spacial score (nSPS) is 10.5. The van der Waals surface area contributed by atoms with Crippen LogP contribution in [0, 0.1) is 0 Å². The van der Waals surface area contributed by atoms with Gasteiger partial charge in [0.1, 0.15) is 0 Å². The first-order valence-corrected chi connectivity index (χ1v) is 6.35. The Kier molecular flexibility index (Phi) is 4.68. The third kappa shape index (κ3) is 4.43. The second-order valence-corrected chi connectivity index (χ2v) is 4.58. The van der Waals surface area contributed by atoms with Gasteiger partial charge in [-0.1, -0.05) is 23.7 Å². The van der Waals surface area contributed by atoms with E-state index in [0.717, 1.165) is 5.56 Å². The summed E-state index contributed by atoms with van der Waals surface area (Å²) in [4.78, 5) is 26.3. The molecule has 1 aromatic carbocycles. The third-order valence-corrected chi connectivity index (χ3v) is 2.76. The van der Waals surface area contributed by atoms with E-state index >= 15 is 0 Å². The first kappa shape index (κ1) is 14.7. The summed E-state index contributed by atoms with van der Waals surface area (Å²) in [7, 11) is 0. The van der Waals surface area contributed by atoms with Gasteiger partial charge in [-0.15, -0.1) is 0 Å². The summed E-state index contributed by atoms with van der Waals surface area (Å²) in [5.74, 6) is -1.49. The number of carboxylic acids is 1. The lowest BCUT2D eigenvalue weighted by atomic mass is 10.2. The molecule has 0 bridgehead atoms. The number of aromatic nitrogens is 1. The topological polar surface area (TPSA) is 79.3 Å². The van der Waals surface area contributed by atoms with Crippen LogP contribution in [0.15, 0.2) is 48.8 Å². The molecule has 0 aliphatic rings. The minimum absolute atomic E-state index is 0.00613. The Labute approximate surface area is 125 Å². The summed E-state index contributed by atoms with van der Waals surface area (Å²) in [6, 6.07) is 8.38. The average molecular weight is 303 g/mol. The lowest BCUT2D eigenvalue weighted by molar-refractivity contribution is -0.111. The highest BCUT2D eigenvalue weighted by Crippen LogP contribution is 2.12. The van der Waals surface area contributed by atoms with Crippen molar-refractivity contribution < 1.29 is 14.7 Å². The van der Waals surface area contributed by atoms with Crippen molar-refractivity contribution in [3.8, 4) is 0 Å². The summed E-state index contributed by atoms with van der Waals surface area (Å²) in [5.41, 5.74) is 1.11. The van der Waals surface area contributed by atoms with Gasteiger partial charge in [0.2, 0.25) is 5.91 Å². The molecule has 5 nitrogen and oxygen atoms in total. The monoisotopic (exact) mass is 302 g/mol. The first-order chi connectivity index (χ1) is 10.0. The van der Waals surface area contributed by atoms with E-state index in [1.54, 1.807) is 24.3 Å². The molecule has 0 spiro atoms. The van der Waals surface area contributed by atoms with Crippen LogP contribution in [0.1, 0.15) is 15.9 Å². The van der Waals surface area contributed by atoms with E-state index in [0.29, 0.717) is 10.7 Å². The van der Waals surface area contributed by atoms with Crippen LogP contribution in [-0.2, 0) is 4.79 Å². The number of nitrogens with one attached hydrogen (secondary N) is 1. The van der Waals surface area contributed by atoms with Crippen molar-refractivity contribution in [3.63, 3.8) is 0 Å². The Morgan fingerprint density at radius 2 is 2.05 bits per heavy atom. The number of nitrogens with zero attached hydrogens (tertiary/aromatic N) is 1. The lowest BCUT2D eigenvalue weighted by Gasteiger charge is -2.02. The molecule has 0 aliphatic carbocycles. The fraction of sp³-hybridized carbons (Fsp3) is 0. The van der Waals surface area contributed by atoms with Gasteiger partial charge in [0, 0.05) is 17.3 Å². The number of anilines is 1. The number of aromatic carboxylic acids is 1. The highest BCUT2D eigenvalue weighted by atomic mass is 35.5. The number of hydrogen-bond donors (Lipinski definition) is 2. The number of hydrogen-bond acceptors (Lipinski definition) is 3. The van der Waals surface area contributed by atoms with Crippen molar-refractivity contribution in [1.29, 1.82) is 0 Å². The Morgan fingerprint density at radius 3 is 2.76 bits per heavy atom. The molecule has 0 saturated carbocycles. The third-order valence-electron chi connectivity index (χ3n) is 2.53. The number of halogens is 1. The van der Waals surface area contributed by atoms with E-state index in [4.69, 9.17) is 16.7 Å². The Bertz CT molecular complexity index is 714. The molecule has 0 aliphatic heterocycles. The Hall–Kier alpha value is -2.66. The first-order valence-electron chi connectivity index (χ1n) is 5.97. The fourth-order valence-electron chi connectivity index (χ4n) is 1.59. The van der Waals surface area contributed by atoms with Crippen molar-refractivity contribution in [2.24, 2.45) is 0 Å². The van der Waals surface area contributed by atoms with Crippen LogP contribution in [0.2, 0.25) is 5.02 Å². The maximum atomic E-state index is 11.7. The molecule has 2 aromatic rings. The average Bonchev–Trinajstić information content (AvgIpc) is 2.45. The zero-order valence-electron chi connectivity index (χ0n) is 10.8. The molecule has 0 unspecified atom stereocenters. The molecule has 106 valence electrons. The summed E-state index contributed by atoms with van der Waals surface area (Å²) in [6.45, 7) is 0. The smallest absolute Gasteiger partial charge is 0.337 e. The predicted molar refractivity (Wildman–Crippen MR) is 80.3 cm³/mol. The summed E-state index contributed by atoms with van der Waals surface area (Å²) in [6.07, 6.45) is 5.52. The molecule has 0 saturated heterocycles. The van der Waals surface area contributed by atoms with Gasteiger partial charge in [0.05, 0.1) is 17.4 Å². The molecular formula is C15H11ClN2O3. The van der Waals surface area contributed by atoms with Gasteiger partial charge in [-0.2, -0.15) is 0 Å². The number of pyridine rings is 1. The number of carbonyl (C=O) groups is 2. The van der Waals surface area contributed by atoms with Crippen molar-refractivity contribution in [3.05, 3.63) is 65.0 Å². The summed E-state index contributed by atoms with van der Waals surface area (Å²) < 4.78 is 0. The Balaban J connectivity index is 2.05. The lowest BCUT2D eigenvalue weighted by Crippen LogP contribution is -2.09. The van der Waals surface area contributed by atoms with Gasteiger partial charge in [0.15, 0.2) is 0 Å². The number of carbonyl (C=O) groups excluding carboxylic acids is 1. The highest BCUT2D eigenvalue weighted by molar-refractivity contribution is 6.30. The van der Waals surface area contributed by atoms with Crippen LogP contribution in [0.25, 0.3) is 6.08 Å². The largest absolute Gasteiger partial charge is 0.478 e. The van der Waals surface area contributed by atoms with E-state index in [1.165, 1.54) is 24.5 Å².